The summed E-state index contributed by atoms with van der Waals surface area (Å²) < 4.78 is 1.14. The van der Waals surface area contributed by atoms with E-state index in [9.17, 15) is 0 Å². The molecule has 2 heteroatoms. The van der Waals surface area contributed by atoms with Crippen LogP contribution in [0, 0.1) is 0 Å². The molecule has 0 unspecified atom stereocenters. The Labute approximate surface area is 141 Å². The van der Waals surface area contributed by atoms with E-state index < -0.39 is 0 Å². The van der Waals surface area contributed by atoms with E-state index in [1.165, 1.54) is 48.2 Å². The quantitative estimate of drug-likeness (QED) is 0.688. The van der Waals surface area contributed by atoms with Crippen molar-refractivity contribution in [3.8, 4) is 11.1 Å². The molecule has 114 valence electrons. The van der Waals surface area contributed by atoms with Crippen molar-refractivity contribution >= 4 is 21.5 Å². The zero-order valence-corrected chi connectivity index (χ0v) is 14.6. The molecule has 0 aliphatic carbocycles. The Hall–Kier alpha value is -1.38. The van der Waals surface area contributed by atoms with Gasteiger partial charge in [-0.15, -0.1) is 0 Å². The van der Waals surface area contributed by atoms with Crippen LogP contribution in [0.5, 0.6) is 0 Å². The molecule has 1 aliphatic heterocycles. The van der Waals surface area contributed by atoms with Gasteiger partial charge < -0.3 is 0 Å². The average Bonchev–Trinajstić information content (AvgIpc) is 3.07. The van der Waals surface area contributed by atoms with E-state index in [-0.39, 0.29) is 0 Å². The van der Waals surface area contributed by atoms with Gasteiger partial charge in [-0.25, -0.2) is 0 Å². The molecule has 1 heterocycles. The number of allylic oxidation sites excluding steroid dienone is 1. The van der Waals surface area contributed by atoms with E-state index in [1.54, 1.807) is 0 Å². The number of rotatable bonds is 4. The maximum atomic E-state index is 3.63. The Kier molecular flexibility index (Phi) is 5.12. The third-order valence-electron chi connectivity index (χ3n) is 4.38. The molecule has 0 spiro atoms. The van der Waals surface area contributed by atoms with Crippen LogP contribution < -0.4 is 0 Å². The number of nitrogens with zero attached hydrogens (tertiary/aromatic N) is 1. The predicted octanol–water partition coefficient (Wildman–Crippen LogP) is 5.62. The van der Waals surface area contributed by atoms with E-state index in [0.717, 1.165) is 11.0 Å². The second-order valence-corrected chi connectivity index (χ2v) is 6.81. The monoisotopic (exact) mass is 355 g/mol. The molecule has 0 bridgehead atoms. The number of likely N-dealkylation sites (tertiary alicyclic amines) is 1. The highest BCUT2D eigenvalue weighted by molar-refractivity contribution is 9.10. The van der Waals surface area contributed by atoms with Gasteiger partial charge in [-0.3, -0.25) is 4.90 Å². The minimum atomic E-state index is 1.08. The zero-order chi connectivity index (χ0) is 15.4. The Bertz CT molecular complexity index is 652. The summed E-state index contributed by atoms with van der Waals surface area (Å²) in [5.41, 5.74) is 5.18. The van der Waals surface area contributed by atoms with Crippen molar-refractivity contribution in [2.75, 3.05) is 19.6 Å². The maximum Gasteiger partial charge on any atom is 0.0253 e. The van der Waals surface area contributed by atoms with E-state index in [0.29, 0.717) is 0 Å². The third-order valence-corrected chi connectivity index (χ3v) is 5.07. The van der Waals surface area contributed by atoms with Gasteiger partial charge in [-0.2, -0.15) is 0 Å². The second kappa shape index (κ2) is 7.26. The molecular formula is C20H22BrN. The first-order valence-electron chi connectivity index (χ1n) is 7.98. The topological polar surface area (TPSA) is 3.24 Å². The molecule has 1 nitrogen and oxygen atoms in total. The lowest BCUT2D eigenvalue weighted by molar-refractivity contribution is 0.377. The molecule has 2 aromatic carbocycles. The second-order valence-electron chi connectivity index (χ2n) is 5.95. The molecule has 0 aromatic heterocycles. The van der Waals surface area contributed by atoms with Crippen molar-refractivity contribution in [3.63, 3.8) is 0 Å². The Balaban J connectivity index is 1.73. The maximum absolute atomic E-state index is 3.63. The van der Waals surface area contributed by atoms with Crippen molar-refractivity contribution in [1.82, 2.24) is 4.90 Å². The van der Waals surface area contributed by atoms with Crippen molar-refractivity contribution < 1.29 is 0 Å². The van der Waals surface area contributed by atoms with E-state index >= 15 is 0 Å². The van der Waals surface area contributed by atoms with Gasteiger partial charge in [0.25, 0.3) is 0 Å². The van der Waals surface area contributed by atoms with Crippen LogP contribution in [0.2, 0.25) is 0 Å². The van der Waals surface area contributed by atoms with Crippen LogP contribution in [0.25, 0.3) is 16.7 Å². The van der Waals surface area contributed by atoms with E-state index in [1.807, 2.05) is 6.07 Å². The van der Waals surface area contributed by atoms with Gasteiger partial charge in [0.1, 0.15) is 0 Å². The van der Waals surface area contributed by atoms with Crippen molar-refractivity contribution in [3.05, 3.63) is 64.6 Å². The number of hydrogen-bond acceptors (Lipinski definition) is 1. The van der Waals surface area contributed by atoms with Gasteiger partial charge in [0.15, 0.2) is 0 Å². The Morgan fingerprint density at radius 1 is 1.05 bits per heavy atom. The summed E-state index contributed by atoms with van der Waals surface area (Å²) in [5, 5.41) is 0. The molecule has 3 rings (SSSR count). The van der Waals surface area contributed by atoms with Crippen LogP contribution in [-0.4, -0.2) is 24.5 Å². The lowest BCUT2D eigenvalue weighted by atomic mass is 10.0. The van der Waals surface area contributed by atoms with Crippen molar-refractivity contribution in [1.29, 1.82) is 0 Å². The summed E-state index contributed by atoms with van der Waals surface area (Å²) in [7, 11) is 0. The largest absolute Gasteiger partial charge is 0.300 e. The van der Waals surface area contributed by atoms with E-state index in [2.05, 4.69) is 76.3 Å². The standard InChI is InChI=1S/C20H22BrN/c1-16(12-15-22-13-4-5-14-22)17-8-10-18(11-9-17)19-6-2-3-7-20(19)21/h2-3,6-12H,4-5,13-15H2,1H3. The molecule has 0 atom stereocenters. The molecular weight excluding hydrogens is 334 g/mol. The fourth-order valence-electron chi connectivity index (χ4n) is 2.96. The first kappa shape index (κ1) is 15.5. The van der Waals surface area contributed by atoms with Crippen LogP contribution >= 0.6 is 15.9 Å². The molecule has 1 aliphatic rings. The average molecular weight is 356 g/mol. The van der Waals surface area contributed by atoms with Gasteiger partial charge in [0.2, 0.25) is 0 Å². The molecule has 0 N–H and O–H groups in total. The van der Waals surface area contributed by atoms with Crippen LogP contribution in [0.3, 0.4) is 0 Å². The van der Waals surface area contributed by atoms with Crippen LogP contribution in [0.15, 0.2) is 59.1 Å². The first-order valence-corrected chi connectivity index (χ1v) is 8.78. The predicted molar refractivity (Wildman–Crippen MR) is 98.9 cm³/mol. The zero-order valence-electron chi connectivity index (χ0n) is 13.1. The van der Waals surface area contributed by atoms with Crippen LogP contribution in [0.1, 0.15) is 25.3 Å². The summed E-state index contributed by atoms with van der Waals surface area (Å²) in [6.07, 6.45) is 5.07. The molecule has 0 saturated carbocycles. The smallest absolute Gasteiger partial charge is 0.0253 e. The summed E-state index contributed by atoms with van der Waals surface area (Å²) in [6, 6.07) is 17.2. The first-order chi connectivity index (χ1) is 10.7. The minimum absolute atomic E-state index is 1.08. The highest BCUT2D eigenvalue weighted by atomic mass is 79.9. The fourth-order valence-corrected chi connectivity index (χ4v) is 3.47. The number of hydrogen-bond donors (Lipinski definition) is 0. The highest BCUT2D eigenvalue weighted by Gasteiger charge is 2.09. The molecule has 22 heavy (non-hydrogen) atoms. The van der Waals surface area contributed by atoms with Crippen molar-refractivity contribution in [2.24, 2.45) is 0 Å². The fraction of sp³-hybridized carbons (Fsp3) is 0.300. The Morgan fingerprint density at radius 3 is 2.41 bits per heavy atom. The summed E-state index contributed by atoms with van der Waals surface area (Å²) >= 11 is 3.63. The van der Waals surface area contributed by atoms with Gasteiger partial charge >= 0.3 is 0 Å². The normalized spacial score (nSPS) is 16.2. The molecule has 2 aromatic rings. The van der Waals surface area contributed by atoms with Gasteiger partial charge in [-0.05, 0) is 61.2 Å². The van der Waals surface area contributed by atoms with E-state index in [4.69, 9.17) is 0 Å². The van der Waals surface area contributed by atoms with Crippen molar-refractivity contribution in [2.45, 2.75) is 19.8 Å². The minimum Gasteiger partial charge on any atom is -0.300 e. The van der Waals surface area contributed by atoms with Gasteiger partial charge in [0.05, 0.1) is 0 Å². The summed E-state index contributed by atoms with van der Waals surface area (Å²) in [5.74, 6) is 0. The molecule has 0 radical (unpaired) electrons. The molecule has 1 fully saturated rings. The lowest BCUT2D eigenvalue weighted by Gasteiger charge is -2.12. The third kappa shape index (κ3) is 3.68. The van der Waals surface area contributed by atoms with Crippen LogP contribution in [-0.2, 0) is 0 Å². The number of benzene rings is 2. The summed E-state index contributed by atoms with van der Waals surface area (Å²) in [4.78, 5) is 2.53. The van der Waals surface area contributed by atoms with Gasteiger partial charge in [0, 0.05) is 11.0 Å². The highest BCUT2D eigenvalue weighted by Crippen LogP contribution is 2.29. The SMILES string of the molecule is CC(=CCN1CCCC1)c1ccc(-c2ccccc2Br)cc1. The van der Waals surface area contributed by atoms with Crippen LogP contribution in [0.4, 0.5) is 0 Å². The number of halogens is 1. The van der Waals surface area contributed by atoms with Gasteiger partial charge in [-0.1, -0.05) is 64.5 Å². The lowest BCUT2D eigenvalue weighted by Crippen LogP contribution is -2.18. The summed E-state index contributed by atoms with van der Waals surface area (Å²) in [6.45, 7) is 5.80. The molecule has 0 amide bonds. The Morgan fingerprint density at radius 2 is 1.73 bits per heavy atom. The molecule has 1 saturated heterocycles.